The van der Waals surface area contributed by atoms with Crippen LogP contribution in [0.15, 0.2) is 42.6 Å². The fourth-order valence-corrected chi connectivity index (χ4v) is 1.23. The Balaban J connectivity index is 1.96. The molecule has 1 aromatic carbocycles. The van der Waals surface area contributed by atoms with Crippen molar-refractivity contribution in [3.63, 3.8) is 0 Å². The van der Waals surface area contributed by atoms with Crippen LogP contribution in [0.1, 0.15) is 5.69 Å². The quantitative estimate of drug-likeness (QED) is 0.790. The Hall–Kier alpha value is -1.54. The molecule has 0 unspecified atom stereocenters. The molecular formula is C12H9ClNO. The van der Waals surface area contributed by atoms with Crippen LogP contribution < -0.4 is 4.74 Å². The van der Waals surface area contributed by atoms with Crippen LogP contribution in [0.4, 0.5) is 0 Å². The molecule has 2 nitrogen and oxygen atoms in total. The molecule has 0 aliphatic carbocycles. The van der Waals surface area contributed by atoms with Crippen molar-refractivity contribution in [1.29, 1.82) is 0 Å². The topological polar surface area (TPSA) is 22.1 Å². The molecule has 0 fully saturated rings. The number of hydrogen-bond donors (Lipinski definition) is 0. The van der Waals surface area contributed by atoms with E-state index < -0.39 is 0 Å². The maximum atomic E-state index is 5.72. The first kappa shape index (κ1) is 9.99. The number of rotatable bonds is 3. The maximum Gasteiger partial charge on any atom is 0.130 e. The van der Waals surface area contributed by atoms with E-state index in [9.17, 15) is 0 Å². The van der Waals surface area contributed by atoms with Gasteiger partial charge in [-0.3, -0.25) is 4.98 Å². The zero-order valence-electron chi connectivity index (χ0n) is 7.98. The van der Waals surface area contributed by atoms with E-state index in [2.05, 4.69) is 11.1 Å². The average molecular weight is 219 g/mol. The van der Waals surface area contributed by atoms with Crippen molar-refractivity contribution < 1.29 is 4.74 Å². The predicted octanol–water partition coefficient (Wildman–Crippen LogP) is 3.11. The van der Waals surface area contributed by atoms with Crippen LogP contribution in [-0.2, 0) is 6.61 Å². The molecule has 3 heteroatoms. The second-order valence-electron chi connectivity index (χ2n) is 2.99. The number of halogens is 1. The van der Waals surface area contributed by atoms with Crippen molar-refractivity contribution in [3.8, 4) is 5.75 Å². The second-order valence-corrected chi connectivity index (χ2v) is 3.43. The van der Waals surface area contributed by atoms with Gasteiger partial charge in [0.2, 0.25) is 0 Å². The van der Waals surface area contributed by atoms with Crippen molar-refractivity contribution in [3.05, 3.63) is 59.4 Å². The van der Waals surface area contributed by atoms with Gasteiger partial charge in [0.15, 0.2) is 0 Å². The molecular weight excluding hydrogens is 210 g/mol. The standard InChI is InChI=1S/C12H9ClNO/c13-10-6-7-11(14-8-10)9-15-12-4-2-1-3-5-12/h2-8H,9H2. The molecule has 75 valence electrons. The molecule has 1 heterocycles. The highest BCUT2D eigenvalue weighted by Crippen LogP contribution is 2.11. The normalized spacial score (nSPS) is 9.93. The van der Waals surface area contributed by atoms with Crippen molar-refractivity contribution in [2.45, 2.75) is 6.61 Å². The highest BCUT2D eigenvalue weighted by atomic mass is 35.5. The van der Waals surface area contributed by atoms with Gasteiger partial charge in [-0.2, -0.15) is 0 Å². The van der Waals surface area contributed by atoms with E-state index >= 15 is 0 Å². The van der Waals surface area contributed by atoms with Gasteiger partial charge in [-0.05, 0) is 30.3 Å². The summed E-state index contributed by atoms with van der Waals surface area (Å²) in [6, 6.07) is 13.9. The molecule has 0 bridgehead atoms. The van der Waals surface area contributed by atoms with Crippen LogP contribution >= 0.6 is 11.6 Å². The molecule has 0 N–H and O–H groups in total. The highest BCUT2D eigenvalue weighted by Gasteiger charge is 1.96. The minimum atomic E-state index is 0.446. The lowest BCUT2D eigenvalue weighted by Crippen LogP contribution is -1.97. The van der Waals surface area contributed by atoms with Gasteiger partial charge in [0.25, 0.3) is 0 Å². The lowest BCUT2D eigenvalue weighted by atomic mass is 10.3. The maximum absolute atomic E-state index is 5.72. The van der Waals surface area contributed by atoms with Crippen LogP contribution in [0.2, 0.25) is 5.02 Å². The third kappa shape index (κ3) is 2.96. The number of aromatic nitrogens is 1. The fraction of sp³-hybridized carbons (Fsp3) is 0.0833. The van der Waals surface area contributed by atoms with Crippen molar-refractivity contribution in [2.75, 3.05) is 0 Å². The number of nitrogens with zero attached hydrogens (tertiary/aromatic N) is 1. The van der Waals surface area contributed by atoms with E-state index in [0.29, 0.717) is 11.6 Å². The zero-order chi connectivity index (χ0) is 10.5. The molecule has 0 atom stereocenters. The summed E-state index contributed by atoms with van der Waals surface area (Å²) in [6.07, 6.45) is 1.61. The van der Waals surface area contributed by atoms with Crippen LogP contribution in [-0.4, -0.2) is 4.98 Å². The summed E-state index contributed by atoms with van der Waals surface area (Å²) in [5, 5.41) is 0.632. The Bertz CT molecular complexity index is 413. The number of ether oxygens (including phenoxy) is 1. The zero-order valence-corrected chi connectivity index (χ0v) is 8.74. The van der Waals surface area contributed by atoms with Crippen LogP contribution in [0.5, 0.6) is 5.75 Å². The van der Waals surface area contributed by atoms with E-state index in [0.717, 1.165) is 11.4 Å². The summed E-state index contributed by atoms with van der Waals surface area (Å²) in [5.74, 6) is 0.811. The first-order chi connectivity index (χ1) is 7.34. The molecule has 0 spiro atoms. The van der Waals surface area contributed by atoms with Gasteiger partial charge >= 0.3 is 0 Å². The summed E-state index contributed by atoms with van der Waals surface area (Å²) in [6.45, 7) is 0.446. The molecule has 1 aromatic heterocycles. The Kier molecular flexibility index (Phi) is 3.20. The molecule has 1 radical (unpaired) electrons. The molecule has 0 aliphatic rings. The first-order valence-electron chi connectivity index (χ1n) is 4.54. The minimum Gasteiger partial charge on any atom is -0.487 e. The molecule has 15 heavy (non-hydrogen) atoms. The second kappa shape index (κ2) is 4.80. The number of pyridine rings is 1. The van der Waals surface area contributed by atoms with Gasteiger partial charge in [0.1, 0.15) is 12.4 Å². The van der Waals surface area contributed by atoms with Gasteiger partial charge in [-0.15, -0.1) is 0 Å². The summed E-state index contributed by atoms with van der Waals surface area (Å²) < 4.78 is 5.51. The molecule has 2 aromatic rings. The van der Waals surface area contributed by atoms with E-state index in [1.165, 1.54) is 0 Å². The SMILES string of the molecule is Clc1ccc(COc2cc[c]cc2)nc1. The van der Waals surface area contributed by atoms with Crippen LogP contribution in [0.3, 0.4) is 0 Å². The summed E-state index contributed by atoms with van der Waals surface area (Å²) in [5.41, 5.74) is 0.854. The minimum absolute atomic E-state index is 0.446. The average Bonchev–Trinajstić information content (AvgIpc) is 2.30. The molecule has 0 saturated heterocycles. The van der Waals surface area contributed by atoms with Crippen molar-refractivity contribution in [2.24, 2.45) is 0 Å². The van der Waals surface area contributed by atoms with Crippen LogP contribution in [0.25, 0.3) is 0 Å². The van der Waals surface area contributed by atoms with E-state index in [4.69, 9.17) is 16.3 Å². The van der Waals surface area contributed by atoms with Gasteiger partial charge < -0.3 is 4.74 Å². The summed E-state index contributed by atoms with van der Waals surface area (Å²) in [7, 11) is 0. The predicted molar refractivity (Wildman–Crippen MR) is 58.9 cm³/mol. The largest absolute Gasteiger partial charge is 0.487 e. The van der Waals surface area contributed by atoms with E-state index in [1.54, 1.807) is 12.3 Å². The summed E-state index contributed by atoms with van der Waals surface area (Å²) >= 11 is 5.72. The van der Waals surface area contributed by atoms with E-state index in [-0.39, 0.29) is 0 Å². The van der Waals surface area contributed by atoms with Gasteiger partial charge in [-0.1, -0.05) is 23.7 Å². The van der Waals surface area contributed by atoms with E-state index in [1.807, 2.05) is 30.3 Å². The van der Waals surface area contributed by atoms with Gasteiger partial charge in [0.05, 0.1) is 10.7 Å². The highest BCUT2D eigenvalue weighted by molar-refractivity contribution is 6.30. The smallest absolute Gasteiger partial charge is 0.130 e. The monoisotopic (exact) mass is 218 g/mol. The van der Waals surface area contributed by atoms with Crippen LogP contribution in [0, 0.1) is 6.07 Å². The third-order valence-corrected chi connectivity index (χ3v) is 2.09. The molecule has 0 aliphatic heterocycles. The molecule has 0 saturated carbocycles. The lowest BCUT2D eigenvalue weighted by Gasteiger charge is -2.04. The first-order valence-corrected chi connectivity index (χ1v) is 4.92. The van der Waals surface area contributed by atoms with Gasteiger partial charge in [0, 0.05) is 6.20 Å². The third-order valence-electron chi connectivity index (χ3n) is 1.86. The molecule has 2 rings (SSSR count). The Morgan fingerprint density at radius 3 is 2.67 bits per heavy atom. The molecule has 0 amide bonds. The van der Waals surface area contributed by atoms with Gasteiger partial charge in [-0.25, -0.2) is 0 Å². The Morgan fingerprint density at radius 2 is 2.00 bits per heavy atom. The number of hydrogen-bond acceptors (Lipinski definition) is 2. The van der Waals surface area contributed by atoms with Crippen molar-refractivity contribution in [1.82, 2.24) is 4.98 Å². The Labute approximate surface area is 93.5 Å². The Morgan fingerprint density at radius 1 is 1.20 bits per heavy atom. The fourth-order valence-electron chi connectivity index (χ4n) is 1.12. The lowest BCUT2D eigenvalue weighted by molar-refractivity contribution is 0.301. The number of benzene rings is 1. The van der Waals surface area contributed by atoms with Crippen molar-refractivity contribution >= 4 is 11.6 Å². The summed E-state index contributed by atoms with van der Waals surface area (Å²) in [4.78, 5) is 4.13.